The Bertz CT molecular complexity index is 545. The topological polar surface area (TPSA) is 31.4 Å². The summed E-state index contributed by atoms with van der Waals surface area (Å²) in [7, 11) is 0. The maximum absolute atomic E-state index is 6.10. The summed E-state index contributed by atoms with van der Waals surface area (Å²) in [5.41, 5.74) is 0.983. The predicted molar refractivity (Wildman–Crippen MR) is 82.6 cm³/mol. The average molecular weight is 306 g/mol. The Morgan fingerprint density at radius 2 is 2.33 bits per heavy atom. The second-order valence-electron chi connectivity index (χ2n) is 5.77. The third-order valence-electron chi connectivity index (χ3n) is 4.18. The van der Waals surface area contributed by atoms with Gasteiger partial charge in [0.05, 0.1) is 18.4 Å². The highest BCUT2D eigenvalue weighted by Crippen LogP contribution is 2.43. The van der Waals surface area contributed by atoms with E-state index in [1.54, 1.807) is 12.4 Å². The van der Waals surface area contributed by atoms with Crippen molar-refractivity contribution in [2.45, 2.75) is 50.2 Å². The van der Waals surface area contributed by atoms with Crippen LogP contribution < -0.4 is 4.74 Å². The molecule has 2 aliphatic rings. The zero-order chi connectivity index (χ0) is 14.5. The van der Waals surface area contributed by atoms with Crippen LogP contribution in [0.25, 0.3) is 0 Å². The van der Waals surface area contributed by atoms with Crippen LogP contribution in [0.1, 0.15) is 44.1 Å². The summed E-state index contributed by atoms with van der Waals surface area (Å²) in [6.07, 6.45) is 10.0. The number of pyridine rings is 1. The number of halogens is 1. The lowest BCUT2D eigenvalue weighted by Crippen LogP contribution is -2.48. The van der Waals surface area contributed by atoms with Crippen LogP contribution in [-0.2, 0) is 4.74 Å². The van der Waals surface area contributed by atoms with Crippen LogP contribution >= 0.6 is 11.6 Å². The Labute approximate surface area is 131 Å². The highest BCUT2D eigenvalue weighted by atomic mass is 35.5. The number of hydrogen-bond acceptors (Lipinski definition) is 3. The maximum Gasteiger partial charge on any atom is 0.139 e. The van der Waals surface area contributed by atoms with Gasteiger partial charge in [0.2, 0.25) is 0 Å². The van der Waals surface area contributed by atoms with E-state index < -0.39 is 0 Å². The molecule has 1 aliphatic heterocycles. The first-order valence-corrected chi connectivity index (χ1v) is 8.14. The fourth-order valence-corrected chi connectivity index (χ4v) is 3.05. The molecule has 1 aromatic rings. The van der Waals surface area contributed by atoms with Crippen molar-refractivity contribution in [3.05, 3.63) is 24.0 Å². The average Bonchev–Trinajstić information content (AvgIpc) is 2.47. The molecule has 3 nitrogen and oxygen atoms in total. The van der Waals surface area contributed by atoms with Gasteiger partial charge < -0.3 is 9.47 Å². The monoisotopic (exact) mass is 305 g/mol. The standard InChI is InChI=1S/C17H20ClNO2/c18-8-2-1-4-14-10-16(13-19-12-14)21-15-5-9-20-17(11-15)6-3-7-17/h10,12-13,15H,2-3,5-9,11H2. The number of rotatable bonds is 3. The molecule has 3 rings (SSSR count). The molecule has 0 N–H and O–H groups in total. The van der Waals surface area contributed by atoms with Crippen molar-refractivity contribution in [2.24, 2.45) is 0 Å². The smallest absolute Gasteiger partial charge is 0.139 e. The molecule has 4 heteroatoms. The summed E-state index contributed by atoms with van der Waals surface area (Å²) in [6.45, 7) is 0.799. The first-order chi connectivity index (χ1) is 10.3. The molecule has 112 valence electrons. The summed E-state index contributed by atoms with van der Waals surface area (Å²) in [6, 6.07) is 1.96. The molecule has 0 radical (unpaired) electrons. The normalized spacial score (nSPS) is 23.0. The van der Waals surface area contributed by atoms with E-state index in [0.717, 1.165) is 30.8 Å². The molecule has 1 aromatic heterocycles. The van der Waals surface area contributed by atoms with Crippen LogP contribution in [0, 0.1) is 11.8 Å². The SMILES string of the molecule is ClCCC#Cc1cncc(OC2CCOC3(CCC3)C2)c1. The van der Waals surface area contributed by atoms with Crippen LogP contribution in [0.15, 0.2) is 18.5 Å². The van der Waals surface area contributed by atoms with Crippen LogP contribution in [-0.4, -0.2) is 29.2 Å². The molecular formula is C17H20ClNO2. The lowest BCUT2D eigenvalue weighted by Gasteiger charge is -2.46. The quantitative estimate of drug-likeness (QED) is 0.632. The molecule has 1 unspecified atom stereocenters. The maximum atomic E-state index is 6.10. The molecule has 1 saturated carbocycles. The molecule has 0 aromatic carbocycles. The Kier molecular flexibility index (Phi) is 4.67. The third-order valence-corrected chi connectivity index (χ3v) is 4.37. The van der Waals surface area contributed by atoms with E-state index in [0.29, 0.717) is 12.3 Å². The van der Waals surface area contributed by atoms with E-state index in [-0.39, 0.29) is 11.7 Å². The summed E-state index contributed by atoms with van der Waals surface area (Å²) in [5, 5.41) is 0. The summed E-state index contributed by atoms with van der Waals surface area (Å²) < 4.78 is 12.0. The van der Waals surface area contributed by atoms with Gasteiger partial charge in [0.15, 0.2) is 0 Å². The first-order valence-electron chi connectivity index (χ1n) is 7.60. The van der Waals surface area contributed by atoms with Gasteiger partial charge in [-0.3, -0.25) is 4.98 Å². The summed E-state index contributed by atoms with van der Waals surface area (Å²) in [5.74, 6) is 7.43. The largest absolute Gasteiger partial charge is 0.489 e. The van der Waals surface area contributed by atoms with Gasteiger partial charge in [-0.2, -0.15) is 0 Å². The van der Waals surface area contributed by atoms with Gasteiger partial charge in [0, 0.05) is 36.9 Å². The Morgan fingerprint density at radius 3 is 3.10 bits per heavy atom. The molecule has 2 fully saturated rings. The van der Waals surface area contributed by atoms with Crippen LogP contribution in [0.2, 0.25) is 0 Å². The van der Waals surface area contributed by atoms with Crippen molar-refractivity contribution in [2.75, 3.05) is 12.5 Å². The lowest BCUT2D eigenvalue weighted by molar-refractivity contribution is -0.153. The van der Waals surface area contributed by atoms with E-state index in [1.165, 1.54) is 19.3 Å². The van der Waals surface area contributed by atoms with E-state index >= 15 is 0 Å². The van der Waals surface area contributed by atoms with E-state index in [4.69, 9.17) is 21.1 Å². The number of hydrogen-bond donors (Lipinski definition) is 0. The molecular weight excluding hydrogens is 286 g/mol. The lowest BCUT2D eigenvalue weighted by atomic mass is 9.74. The minimum absolute atomic E-state index is 0.105. The highest BCUT2D eigenvalue weighted by molar-refractivity contribution is 6.18. The van der Waals surface area contributed by atoms with E-state index in [9.17, 15) is 0 Å². The van der Waals surface area contributed by atoms with Gasteiger partial charge in [0.1, 0.15) is 11.9 Å². The summed E-state index contributed by atoms with van der Waals surface area (Å²) in [4.78, 5) is 4.21. The molecule has 2 heterocycles. The molecule has 1 saturated heterocycles. The molecule has 1 aliphatic carbocycles. The Morgan fingerprint density at radius 1 is 1.43 bits per heavy atom. The predicted octanol–water partition coefficient (Wildman–Crippen LogP) is 3.54. The summed E-state index contributed by atoms with van der Waals surface area (Å²) >= 11 is 5.62. The number of nitrogens with zero attached hydrogens (tertiary/aromatic N) is 1. The molecule has 1 spiro atoms. The van der Waals surface area contributed by atoms with Crippen molar-refractivity contribution >= 4 is 11.6 Å². The molecule has 21 heavy (non-hydrogen) atoms. The zero-order valence-electron chi connectivity index (χ0n) is 12.1. The molecule has 0 bridgehead atoms. The van der Waals surface area contributed by atoms with E-state index in [1.807, 2.05) is 6.07 Å². The fourth-order valence-electron chi connectivity index (χ4n) is 2.96. The van der Waals surface area contributed by atoms with Crippen LogP contribution in [0.4, 0.5) is 0 Å². The van der Waals surface area contributed by atoms with Crippen molar-refractivity contribution in [3.63, 3.8) is 0 Å². The van der Waals surface area contributed by atoms with Gasteiger partial charge in [-0.25, -0.2) is 0 Å². The number of alkyl halides is 1. The fraction of sp³-hybridized carbons (Fsp3) is 0.588. The van der Waals surface area contributed by atoms with E-state index in [2.05, 4.69) is 16.8 Å². The second kappa shape index (κ2) is 6.68. The Balaban J connectivity index is 1.62. The highest BCUT2D eigenvalue weighted by Gasteiger charge is 2.43. The second-order valence-corrected chi connectivity index (χ2v) is 6.15. The van der Waals surface area contributed by atoms with Crippen LogP contribution in [0.3, 0.4) is 0 Å². The first kappa shape index (κ1) is 14.7. The van der Waals surface area contributed by atoms with Crippen molar-refractivity contribution in [1.29, 1.82) is 0 Å². The van der Waals surface area contributed by atoms with Gasteiger partial charge in [-0.1, -0.05) is 11.8 Å². The number of aromatic nitrogens is 1. The molecule has 1 atom stereocenters. The minimum atomic E-state index is 0.105. The number of ether oxygens (including phenoxy) is 2. The molecule has 0 amide bonds. The minimum Gasteiger partial charge on any atom is -0.489 e. The van der Waals surface area contributed by atoms with Gasteiger partial charge >= 0.3 is 0 Å². The van der Waals surface area contributed by atoms with Crippen molar-refractivity contribution in [3.8, 4) is 17.6 Å². The van der Waals surface area contributed by atoms with Gasteiger partial charge in [-0.15, -0.1) is 11.6 Å². The van der Waals surface area contributed by atoms with Crippen LogP contribution in [0.5, 0.6) is 5.75 Å². The van der Waals surface area contributed by atoms with Gasteiger partial charge in [0.25, 0.3) is 0 Å². The van der Waals surface area contributed by atoms with Crippen molar-refractivity contribution < 1.29 is 9.47 Å². The van der Waals surface area contributed by atoms with Crippen molar-refractivity contribution in [1.82, 2.24) is 4.98 Å². The Hall–Kier alpha value is -1.24. The van der Waals surface area contributed by atoms with Gasteiger partial charge in [-0.05, 0) is 25.3 Å². The third kappa shape index (κ3) is 3.70. The zero-order valence-corrected chi connectivity index (χ0v) is 12.9.